The van der Waals surface area contributed by atoms with Gasteiger partial charge in [-0.2, -0.15) is 0 Å². The Labute approximate surface area is 180 Å². The number of methoxy groups -OCH3 is 1. The van der Waals surface area contributed by atoms with Crippen LogP contribution in [0.4, 0.5) is 4.39 Å². The highest BCUT2D eigenvalue weighted by atomic mass is 19.1. The van der Waals surface area contributed by atoms with Crippen molar-refractivity contribution in [1.29, 1.82) is 0 Å². The van der Waals surface area contributed by atoms with Crippen LogP contribution in [0.2, 0.25) is 0 Å². The average molecular weight is 419 g/mol. The lowest BCUT2D eigenvalue weighted by atomic mass is 9.98. The normalized spacial score (nSPS) is 11.7. The van der Waals surface area contributed by atoms with Crippen molar-refractivity contribution in [2.75, 3.05) is 13.7 Å². The largest absolute Gasteiger partial charge is 0.497 e. The number of ether oxygens (including phenoxy) is 2. The summed E-state index contributed by atoms with van der Waals surface area (Å²) in [5, 5.41) is 2.90. The molecule has 0 aromatic heterocycles. The molecule has 3 aromatic carbocycles. The van der Waals surface area contributed by atoms with E-state index in [2.05, 4.69) is 5.32 Å². The molecular formula is C25H22FNO4. The molecule has 6 heteroatoms. The molecule has 3 aromatic rings. The first kappa shape index (κ1) is 21.8. The van der Waals surface area contributed by atoms with E-state index in [0.29, 0.717) is 11.3 Å². The molecule has 0 aliphatic carbocycles. The van der Waals surface area contributed by atoms with Gasteiger partial charge in [-0.25, -0.2) is 9.18 Å². The molecule has 0 radical (unpaired) electrons. The highest BCUT2D eigenvalue weighted by molar-refractivity contribution is 5.89. The summed E-state index contributed by atoms with van der Waals surface area (Å²) in [6.45, 7) is -0.425. The fraction of sp³-hybridized carbons (Fsp3) is 0.120. The van der Waals surface area contributed by atoms with Gasteiger partial charge in [0, 0.05) is 6.08 Å². The summed E-state index contributed by atoms with van der Waals surface area (Å²) in [6.07, 6.45) is 2.68. The zero-order chi connectivity index (χ0) is 22.1. The van der Waals surface area contributed by atoms with E-state index >= 15 is 0 Å². The second-order valence-electron chi connectivity index (χ2n) is 6.68. The van der Waals surface area contributed by atoms with E-state index in [1.54, 1.807) is 7.11 Å². The SMILES string of the molecule is COc1ccc([C@@H](NC(=O)COC(=O)/C=C/c2ccc(F)cc2)c2ccccc2)cc1. The Kier molecular flexibility index (Phi) is 7.54. The molecule has 1 amide bonds. The Morgan fingerprint density at radius 2 is 1.58 bits per heavy atom. The molecule has 1 N–H and O–H groups in total. The van der Waals surface area contributed by atoms with Crippen LogP contribution in [-0.2, 0) is 14.3 Å². The Morgan fingerprint density at radius 1 is 0.935 bits per heavy atom. The number of halogens is 1. The molecule has 0 heterocycles. The van der Waals surface area contributed by atoms with Crippen LogP contribution < -0.4 is 10.1 Å². The Hall–Kier alpha value is -3.93. The summed E-state index contributed by atoms with van der Waals surface area (Å²) in [7, 11) is 1.59. The predicted molar refractivity (Wildman–Crippen MR) is 116 cm³/mol. The van der Waals surface area contributed by atoms with E-state index in [1.807, 2.05) is 54.6 Å². The quantitative estimate of drug-likeness (QED) is 0.437. The van der Waals surface area contributed by atoms with Crippen molar-refractivity contribution >= 4 is 18.0 Å². The van der Waals surface area contributed by atoms with Crippen LogP contribution in [0.3, 0.4) is 0 Å². The van der Waals surface area contributed by atoms with Gasteiger partial charge in [0.15, 0.2) is 6.61 Å². The van der Waals surface area contributed by atoms with Crippen LogP contribution in [-0.4, -0.2) is 25.6 Å². The number of carbonyl (C=O) groups is 2. The Balaban J connectivity index is 1.62. The van der Waals surface area contributed by atoms with Gasteiger partial charge in [0.2, 0.25) is 0 Å². The summed E-state index contributed by atoms with van der Waals surface area (Å²) < 4.78 is 23.1. The monoisotopic (exact) mass is 419 g/mol. The van der Waals surface area contributed by atoms with E-state index in [9.17, 15) is 14.0 Å². The highest BCUT2D eigenvalue weighted by Gasteiger charge is 2.17. The highest BCUT2D eigenvalue weighted by Crippen LogP contribution is 2.24. The first-order valence-corrected chi connectivity index (χ1v) is 9.64. The number of rotatable bonds is 8. The van der Waals surface area contributed by atoms with Crippen LogP contribution in [0.25, 0.3) is 6.08 Å². The van der Waals surface area contributed by atoms with E-state index < -0.39 is 24.5 Å². The van der Waals surface area contributed by atoms with Crippen LogP contribution in [0.1, 0.15) is 22.7 Å². The number of amides is 1. The van der Waals surface area contributed by atoms with Crippen molar-refractivity contribution < 1.29 is 23.5 Å². The number of nitrogens with one attached hydrogen (secondary N) is 1. The minimum Gasteiger partial charge on any atom is -0.497 e. The minimum atomic E-state index is -0.666. The summed E-state index contributed by atoms with van der Waals surface area (Å²) in [5.41, 5.74) is 2.40. The van der Waals surface area contributed by atoms with Gasteiger partial charge >= 0.3 is 5.97 Å². The molecule has 1 atom stereocenters. The van der Waals surface area contributed by atoms with Gasteiger partial charge in [-0.15, -0.1) is 0 Å². The second kappa shape index (κ2) is 10.7. The second-order valence-corrected chi connectivity index (χ2v) is 6.68. The molecule has 31 heavy (non-hydrogen) atoms. The summed E-state index contributed by atoms with van der Waals surface area (Å²) >= 11 is 0. The van der Waals surface area contributed by atoms with Crippen molar-refractivity contribution in [3.63, 3.8) is 0 Å². The fourth-order valence-corrected chi connectivity index (χ4v) is 2.93. The Bertz CT molecular complexity index is 1030. The minimum absolute atomic E-state index is 0.360. The molecule has 0 saturated heterocycles. The third-order valence-electron chi connectivity index (χ3n) is 4.51. The van der Waals surface area contributed by atoms with Crippen LogP contribution in [0, 0.1) is 5.82 Å². The van der Waals surface area contributed by atoms with Crippen molar-refractivity contribution in [1.82, 2.24) is 5.32 Å². The van der Waals surface area contributed by atoms with Gasteiger partial charge in [-0.05, 0) is 47.0 Å². The van der Waals surface area contributed by atoms with Crippen LogP contribution in [0.15, 0.2) is 84.9 Å². The average Bonchev–Trinajstić information content (AvgIpc) is 2.81. The lowest BCUT2D eigenvalue weighted by Crippen LogP contribution is -2.32. The molecule has 0 bridgehead atoms. The molecule has 0 spiro atoms. The zero-order valence-corrected chi connectivity index (χ0v) is 17.0. The maximum atomic E-state index is 12.9. The maximum Gasteiger partial charge on any atom is 0.331 e. The molecule has 158 valence electrons. The maximum absolute atomic E-state index is 12.9. The smallest absolute Gasteiger partial charge is 0.331 e. The van der Waals surface area contributed by atoms with Gasteiger partial charge in [0.25, 0.3) is 5.91 Å². The standard InChI is InChI=1S/C25H22FNO4/c1-30-22-14-10-20(11-15-22)25(19-5-3-2-4-6-19)27-23(28)17-31-24(29)16-9-18-7-12-21(26)13-8-18/h2-16,25H,17H2,1H3,(H,27,28)/b16-9+/t25-/m0/s1. The van der Waals surface area contributed by atoms with Crippen LogP contribution in [0.5, 0.6) is 5.75 Å². The van der Waals surface area contributed by atoms with Gasteiger partial charge in [0.1, 0.15) is 11.6 Å². The number of carbonyl (C=O) groups excluding carboxylic acids is 2. The fourth-order valence-electron chi connectivity index (χ4n) is 2.93. The molecule has 0 saturated carbocycles. The van der Waals surface area contributed by atoms with Crippen LogP contribution >= 0.6 is 0 Å². The predicted octanol–water partition coefficient (Wildman–Crippen LogP) is 4.30. The van der Waals surface area contributed by atoms with E-state index in [4.69, 9.17) is 9.47 Å². The van der Waals surface area contributed by atoms with Gasteiger partial charge in [-0.3, -0.25) is 4.79 Å². The number of hydrogen-bond donors (Lipinski definition) is 1. The number of esters is 1. The van der Waals surface area contributed by atoms with E-state index in [-0.39, 0.29) is 5.82 Å². The molecule has 0 aliphatic heterocycles. The Morgan fingerprint density at radius 3 is 2.23 bits per heavy atom. The van der Waals surface area contributed by atoms with E-state index in [1.165, 1.54) is 36.4 Å². The third-order valence-corrected chi connectivity index (χ3v) is 4.51. The summed E-state index contributed by atoms with van der Waals surface area (Å²) in [6, 6.07) is 22.1. The molecule has 0 fully saturated rings. The third kappa shape index (κ3) is 6.54. The summed E-state index contributed by atoms with van der Waals surface area (Å²) in [4.78, 5) is 24.4. The lowest BCUT2D eigenvalue weighted by Gasteiger charge is -2.20. The van der Waals surface area contributed by atoms with Gasteiger partial charge < -0.3 is 14.8 Å². The molecule has 0 unspecified atom stereocenters. The zero-order valence-electron chi connectivity index (χ0n) is 17.0. The number of hydrogen-bond acceptors (Lipinski definition) is 4. The first-order valence-electron chi connectivity index (χ1n) is 9.64. The van der Waals surface area contributed by atoms with Crippen molar-refractivity contribution in [3.05, 3.63) is 107 Å². The van der Waals surface area contributed by atoms with E-state index in [0.717, 1.165) is 11.1 Å². The molecule has 0 aliphatic rings. The molecular weight excluding hydrogens is 397 g/mol. The summed E-state index contributed by atoms with van der Waals surface area (Å²) in [5.74, 6) is -0.752. The number of benzene rings is 3. The molecule has 3 rings (SSSR count). The topological polar surface area (TPSA) is 64.6 Å². The van der Waals surface area contributed by atoms with Gasteiger partial charge in [0.05, 0.1) is 13.2 Å². The first-order chi connectivity index (χ1) is 15.0. The van der Waals surface area contributed by atoms with Crippen molar-refractivity contribution in [2.45, 2.75) is 6.04 Å². The lowest BCUT2D eigenvalue weighted by molar-refractivity contribution is -0.143. The van der Waals surface area contributed by atoms with Crippen molar-refractivity contribution in [3.8, 4) is 5.75 Å². The van der Waals surface area contributed by atoms with Crippen molar-refractivity contribution in [2.24, 2.45) is 0 Å². The van der Waals surface area contributed by atoms with Gasteiger partial charge in [-0.1, -0.05) is 54.6 Å². The molecule has 5 nitrogen and oxygen atoms in total.